The molecule has 1 rings (SSSR count). The van der Waals surface area contributed by atoms with Crippen LogP contribution < -0.4 is 0 Å². The van der Waals surface area contributed by atoms with Crippen LogP contribution in [0.2, 0.25) is 0 Å². The van der Waals surface area contributed by atoms with Gasteiger partial charge in [-0.05, 0) is 42.6 Å². The molecule has 1 aromatic rings. The van der Waals surface area contributed by atoms with Crippen LogP contribution >= 0.6 is 0 Å². The molecule has 0 atom stereocenters. The summed E-state index contributed by atoms with van der Waals surface area (Å²) in [5.74, 6) is 0.689. The Labute approximate surface area is 105 Å². The molecule has 0 amide bonds. The van der Waals surface area contributed by atoms with Crippen molar-refractivity contribution in [3.8, 4) is 6.07 Å². The molecule has 92 valence electrons. The average Bonchev–Trinajstić information content (AvgIpc) is 2.29. The van der Waals surface area contributed by atoms with Crippen LogP contribution in [0.1, 0.15) is 37.5 Å². The van der Waals surface area contributed by atoms with E-state index in [9.17, 15) is 0 Å². The van der Waals surface area contributed by atoms with Gasteiger partial charge in [0.05, 0.1) is 11.6 Å². The van der Waals surface area contributed by atoms with Gasteiger partial charge in [0.1, 0.15) is 0 Å². The molecular weight excluding hydrogens is 208 g/mol. The molecule has 0 aromatic heterocycles. The minimum Gasteiger partial charge on any atom is -0.299 e. The van der Waals surface area contributed by atoms with Crippen LogP contribution in [0, 0.1) is 24.2 Å². The fourth-order valence-electron chi connectivity index (χ4n) is 2.01. The van der Waals surface area contributed by atoms with Crippen molar-refractivity contribution in [3.05, 3.63) is 34.9 Å². The van der Waals surface area contributed by atoms with E-state index in [1.54, 1.807) is 0 Å². The van der Waals surface area contributed by atoms with Gasteiger partial charge in [-0.2, -0.15) is 5.26 Å². The third-order valence-corrected chi connectivity index (χ3v) is 2.94. The maximum atomic E-state index is 8.84. The van der Waals surface area contributed by atoms with Gasteiger partial charge in [0, 0.05) is 13.1 Å². The van der Waals surface area contributed by atoms with E-state index in [1.807, 2.05) is 12.1 Å². The van der Waals surface area contributed by atoms with Gasteiger partial charge >= 0.3 is 0 Å². The van der Waals surface area contributed by atoms with Gasteiger partial charge in [0.25, 0.3) is 0 Å². The predicted molar refractivity (Wildman–Crippen MR) is 71.7 cm³/mol. The minimum absolute atomic E-state index is 0.689. The second kappa shape index (κ2) is 6.42. The molecular formula is C15H22N2. The SMILES string of the molecule is CCN(Cc1ccc(C#N)cc1C)CC(C)C. The zero-order valence-corrected chi connectivity index (χ0v) is 11.3. The molecule has 0 saturated heterocycles. The highest BCUT2D eigenvalue weighted by Crippen LogP contribution is 2.14. The Morgan fingerprint density at radius 1 is 1.35 bits per heavy atom. The topological polar surface area (TPSA) is 27.0 Å². The highest BCUT2D eigenvalue weighted by molar-refractivity contribution is 5.37. The first-order valence-electron chi connectivity index (χ1n) is 6.28. The zero-order valence-electron chi connectivity index (χ0n) is 11.3. The molecule has 0 fully saturated rings. The van der Waals surface area contributed by atoms with Gasteiger partial charge in [-0.25, -0.2) is 0 Å². The summed E-state index contributed by atoms with van der Waals surface area (Å²) in [7, 11) is 0. The first-order valence-corrected chi connectivity index (χ1v) is 6.28. The van der Waals surface area contributed by atoms with E-state index < -0.39 is 0 Å². The van der Waals surface area contributed by atoms with Crippen molar-refractivity contribution < 1.29 is 0 Å². The maximum absolute atomic E-state index is 8.84. The van der Waals surface area contributed by atoms with Crippen molar-refractivity contribution in [2.45, 2.75) is 34.2 Å². The monoisotopic (exact) mass is 230 g/mol. The van der Waals surface area contributed by atoms with E-state index in [0.717, 1.165) is 25.2 Å². The van der Waals surface area contributed by atoms with Crippen molar-refractivity contribution in [3.63, 3.8) is 0 Å². The number of benzene rings is 1. The van der Waals surface area contributed by atoms with Crippen LogP contribution in [0.4, 0.5) is 0 Å². The summed E-state index contributed by atoms with van der Waals surface area (Å²) in [5, 5.41) is 8.84. The van der Waals surface area contributed by atoms with Crippen molar-refractivity contribution >= 4 is 0 Å². The van der Waals surface area contributed by atoms with Gasteiger partial charge in [0.15, 0.2) is 0 Å². The standard InChI is InChI=1S/C15H22N2/c1-5-17(10-12(2)3)11-15-7-6-14(9-16)8-13(15)4/h6-8,12H,5,10-11H2,1-4H3. The molecule has 0 aliphatic carbocycles. The van der Waals surface area contributed by atoms with E-state index in [2.05, 4.69) is 44.7 Å². The Bertz CT molecular complexity index is 402. The summed E-state index contributed by atoms with van der Waals surface area (Å²) in [4.78, 5) is 2.44. The van der Waals surface area contributed by atoms with E-state index in [0.29, 0.717) is 5.92 Å². The Hall–Kier alpha value is -1.33. The molecule has 1 aromatic carbocycles. The Morgan fingerprint density at radius 2 is 2.06 bits per heavy atom. The lowest BCUT2D eigenvalue weighted by Crippen LogP contribution is -2.27. The normalized spacial score (nSPS) is 10.9. The molecule has 17 heavy (non-hydrogen) atoms. The molecule has 0 spiro atoms. The molecule has 0 aliphatic rings. The number of nitriles is 1. The van der Waals surface area contributed by atoms with E-state index in [4.69, 9.17) is 5.26 Å². The van der Waals surface area contributed by atoms with Crippen LogP contribution in [0.25, 0.3) is 0 Å². The lowest BCUT2D eigenvalue weighted by Gasteiger charge is -2.23. The molecule has 0 heterocycles. The largest absolute Gasteiger partial charge is 0.299 e. The maximum Gasteiger partial charge on any atom is 0.0991 e. The summed E-state index contributed by atoms with van der Waals surface area (Å²) in [6.07, 6.45) is 0. The Kier molecular flexibility index (Phi) is 5.18. The summed E-state index contributed by atoms with van der Waals surface area (Å²) >= 11 is 0. The molecule has 0 radical (unpaired) electrons. The van der Waals surface area contributed by atoms with Crippen LogP contribution in [-0.4, -0.2) is 18.0 Å². The van der Waals surface area contributed by atoms with Gasteiger partial charge in [0.2, 0.25) is 0 Å². The van der Waals surface area contributed by atoms with Crippen molar-refractivity contribution in [2.75, 3.05) is 13.1 Å². The Balaban J connectivity index is 2.76. The first kappa shape index (κ1) is 13.7. The van der Waals surface area contributed by atoms with Crippen LogP contribution in [0.5, 0.6) is 0 Å². The minimum atomic E-state index is 0.689. The second-order valence-electron chi connectivity index (χ2n) is 4.97. The Morgan fingerprint density at radius 3 is 2.53 bits per heavy atom. The number of hydrogen-bond donors (Lipinski definition) is 0. The van der Waals surface area contributed by atoms with Crippen LogP contribution in [-0.2, 0) is 6.54 Å². The average molecular weight is 230 g/mol. The zero-order chi connectivity index (χ0) is 12.8. The third kappa shape index (κ3) is 4.20. The van der Waals surface area contributed by atoms with Gasteiger partial charge in [-0.1, -0.05) is 26.8 Å². The lowest BCUT2D eigenvalue weighted by atomic mass is 10.0. The number of nitrogens with zero attached hydrogens (tertiary/aromatic N) is 2. The van der Waals surface area contributed by atoms with Gasteiger partial charge in [-0.3, -0.25) is 4.90 Å². The summed E-state index contributed by atoms with van der Waals surface area (Å²) in [6.45, 7) is 11.9. The summed E-state index contributed by atoms with van der Waals surface area (Å²) in [5.41, 5.74) is 3.29. The van der Waals surface area contributed by atoms with Gasteiger partial charge in [-0.15, -0.1) is 0 Å². The second-order valence-corrected chi connectivity index (χ2v) is 4.97. The molecule has 2 nitrogen and oxygen atoms in total. The first-order chi connectivity index (χ1) is 8.06. The predicted octanol–water partition coefficient (Wildman–Crippen LogP) is 3.34. The summed E-state index contributed by atoms with van der Waals surface area (Å²) in [6, 6.07) is 8.14. The molecule has 0 bridgehead atoms. The van der Waals surface area contributed by atoms with Crippen LogP contribution in [0.3, 0.4) is 0 Å². The summed E-state index contributed by atoms with van der Waals surface area (Å²) < 4.78 is 0. The number of hydrogen-bond acceptors (Lipinski definition) is 2. The third-order valence-electron chi connectivity index (χ3n) is 2.94. The van der Waals surface area contributed by atoms with Crippen molar-refractivity contribution in [1.29, 1.82) is 5.26 Å². The van der Waals surface area contributed by atoms with Crippen molar-refractivity contribution in [2.24, 2.45) is 5.92 Å². The fraction of sp³-hybridized carbons (Fsp3) is 0.533. The number of aryl methyl sites for hydroxylation is 1. The quantitative estimate of drug-likeness (QED) is 0.775. The molecule has 2 heteroatoms. The fourth-order valence-corrected chi connectivity index (χ4v) is 2.01. The number of rotatable bonds is 5. The molecule has 0 N–H and O–H groups in total. The van der Waals surface area contributed by atoms with Crippen molar-refractivity contribution in [1.82, 2.24) is 4.90 Å². The molecule has 0 aliphatic heterocycles. The molecule has 0 unspecified atom stereocenters. The lowest BCUT2D eigenvalue weighted by molar-refractivity contribution is 0.248. The highest BCUT2D eigenvalue weighted by atomic mass is 15.1. The smallest absolute Gasteiger partial charge is 0.0991 e. The van der Waals surface area contributed by atoms with E-state index in [1.165, 1.54) is 11.1 Å². The van der Waals surface area contributed by atoms with E-state index in [-0.39, 0.29) is 0 Å². The van der Waals surface area contributed by atoms with Crippen LogP contribution in [0.15, 0.2) is 18.2 Å². The van der Waals surface area contributed by atoms with Gasteiger partial charge < -0.3 is 0 Å². The van der Waals surface area contributed by atoms with E-state index >= 15 is 0 Å². The molecule has 0 saturated carbocycles. The highest BCUT2D eigenvalue weighted by Gasteiger charge is 2.08.